The van der Waals surface area contributed by atoms with Gasteiger partial charge in [-0.3, -0.25) is 10.1 Å². The lowest BCUT2D eigenvalue weighted by molar-refractivity contribution is -0.385. The molecule has 0 aromatic heterocycles. The molecular weight excluding hydrogens is 284 g/mol. The van der Waals surface area contributed by atoms with Crippen LogP contribution in [0.4, 0.5) is 5.69 Å². The van der Waals surface area contributed by atoms with Crippen molar-refractivity contribution in [3.05, 3.63) is 26.8 Å². The van der Waals surface area contributed by atoms with Gasteiger partial charge in [0.2, 0.25) is 0 Å². The quantitative estimate of drug-likeness (QED) is 0.572. The Balaban J connectivity index is 3.21. The Labute approximate surface area is 123 Å². The third kappa shape index (κ3) is 3.74. The van der Waals surface area contributed by atoms with Crippen LogP contribution in [0.25, 0.3) is 0 Å². The molecule has 6 nitrogen and oxygen atoms in total. The van der Waals surface area contributed by atoms with Crippen LogP contribution in [0.15, 0.2) is 6.07 Å². The number of nitro groups is 1. The van der Waals surface area contributed by atoms with Gasteiger partial charge in [0.05, 0.1) is 35.8 Å². The molecule has 0 bridgehead atoms. The van der Waals surface area contributed by atoms with Gasteiger partial charge < -0.3 is 14.4 Å². The lowest BCUT2D eigenvalue weighted by Gasteiger charge is -2.14. The van der Waals surface area contributed by atoms with Crippen molar-refractivity contribution in [3.8, 4) is 11.5 Å². The van der Waals surface area contributed by atoms with Gasteiger partial charge in [0.15, 0.2) is 11.5 Å². The summed E-state index contributed by atoms with van der Waals surface area (Å²) in [5, 5.41) is 11.4. The van der Waals surface area contributed by atoms with Crippen molar-refractivity contribution in [1.82, 2.24) is 4.90 Å². The van der Waals surface area contributed by atoms with E-state index in [0.29, 0.717) is 17.7 Å². The number of methoxy groups -OCH3 is 2. The van der Waals surface area contributed by atoms with Gasteiger partial charge in [-0.05, 0) is 33.5 Å². The summed E-state index contributed by atoms with van der Waals surface area (Å²) in [4.78, 5) is 12.7. The average Bonchev–Trinajstić information content (AvgIpc) is 2.39. The van der Waals surface area contributed by atoms with E-state index in [2.05, 4.69) is 0 Å². The Bertz CT molecular complexity index is 492. The van der Waals surface area contributed by atoms with Crippen LogP contribution in [0.2, 0.25) is 5.02 Å². The highest BCUT2D eigenvalue weighted by Gasteiger charge is 2.24. The predicted octanol–water partition coefficient (Wildman–Crippen LogP) is 2.76. The average molecular weight is 303 g/mol. The third-order valence-electron chi connectivity index (χ3n) is 2.92. The Morgan fingerprint density at radius 2 is 2.00 bits per heavy atom. The Kier molecular flexibility index (Phi) is 6.04. The molecule has 20 heavy (non-hydrogen) atoms. The fourth-order valence-electron chi connectivity index (χ4n) is 1.95. The van der Waals surface area contributed by atoms with Crippen LogP contribution in [0.3, 0.4) is 0 Å². The minimum absolute atomic E-state index is 0.0357. The molecule has 0 spiro atoms. The van der Waals surface area contributed by atoms with Gasteiger partial charge >= 0.3 is 0 Å². The SMILES string of the molecule is COc1cc([N+](=O)[O-])c(CCCN(C)C)c(Cl)c1OC. The largest absolute Gasteiger partial charge is 0.493 e. The highest BCUT2D eigenvalue weighted by atomic mass is 35.5. The van der Waals surface area contributed by atoms with Crippen molar-refractivity contribution in [3.63, 3.8) is 0 Å². The molecule has 1 rings (SSSR count). The number of ether oxygens (including phenoxy) is 2. The predicted molar refractivity (Wildman–Crippen MR) is 78.1 cm³/mol. The first kappa shape index (κ1) is 16.5. The van der Waals surface area contributed by atoms with E-state index < -0.39 is 4.92 Å². The Morgan fingerprint density at radius 3 is 2.45 bits per heavy atom. The first-order valence-corrected chi connectivity index (χ1v) is 6.52. The minimum atomic E-state index is -0.446. The molecule has 1 aromatic carbocycles. The van der Waals surface area contributed by atoms with Crippen molar-refractivity contribution in [2.24, 2.45) is 0 Å². The zero-order valence-corrected chi connectivity index (χ0v) is 12.9. The number of hydrogen-bond donors (Lipinski definition) is 0. The van der Waals surface area contributed by atoms with E-state index in [4.69, 9.17) is 21.1 Å². The number of nitrogens with zero attached hydrogens (tertiary/aromatic N) is 2. The molecule has 0 heterocycles. The van der Waals surface area contributed by atoms with Crippen LogP contribution in [-0.4, -0.2) is 44.7 Å². The van der Waals surface area contributed by atoms with Crippen LogP contribution in [0.1, 0.15) is 12.0 Å². The maximum Gasteiger partial charge on any atom is 0.278 e. The molecule has 1 aromatic rings. The van der Waals surface area contributed by atoms with Gasteiger partial charge in [-0.15, -0.1) is 0 Å². The summed E-state index contributed by atoms with van der Waals surface area (Å²) >= 11 is 6.23. The molecule has 0 aliphatic carbocycles. The van der Waals surface area contributed by atoms with Crippen LogP contribution >= 0.6 is 11.6 Å². The van der Waals surface area contributed by atoms with E-state index in [9.17, 15) is 10.1 Å². The molecule has 7 heteroatoms. The van der Waals surface area contributed by atoms with Crippen LogP contribution in [-0.2, 0) is 6.42 Å². The highest BCUT2D eigenvalue weighted by Crippen LogP contribution is 2.43. The molecule has 0 fully saturated rings. The number of hydrogen-bond acceptors (Lipinski definition) is 5. The van der Waals surface area contributed by atoms with Crippen molar-refractivity contribution < 1.29 is 14.4 Å². The summed E-state index contributed by atoms with van der Waals surface area (Å²) in [7, 11) is 6.78. The molecule has 112 valence electrons. The van der Waals surface area contributed by atoms with Gasteiger partial charge in [0.25, 0.3) is 5.69 Å². The molecule has 0 aliphatic rings. The van der Waals surface area contributed by atoms with Crippen molar-refractivity contribution in [2.45, 2.75) is 12.8 Å². The highest BCUT2D eigenvalue weighted by molar-refractivity contribution is 6.33. The first-order chi connectivity index (χ1) is 9.42. The van der Waals surface area contributed by atoms with Crippen molar-refractivity contribution in [1.29, 1.82) is 0 Å². The molecule has 0 N–H and O–H groups in total. The monoisotopic (exact) mass is 302 g/mol. The first-order valence-electron chi connectivity index (χ1n) is 6.14. The van der Waals surface area contributed by atoms with Gasteiger partial charge in [0, 0.05) is 0 Å². The molecule has 0 unspecified atom stereocenters. The summed E-state index contributed by atoms with van der Waals surface area (Å²) in [6, 6.07) is 1.36. The molecule has 0 radical (unpaired) electrons. The topological polar surface area (TPSA) is 64.8 Å². The number of rotatable bonds is 7. The summed E-state index contributed by atoms with van der Waals surface area (Å²) in [6.07, 6.45) is 1.27. The summed E-state index contributed by atoms with van der Waals surface area (Å²) < 4.78 is 10.3. The van der Waals surface area contributed by atoms with Crippen LogP contribution in [0, 0.1) is 10.1 Å². The minimum Gasteiger partial charge on any atom is -0.493 e. The van der Waals surface area contributed by atoms with Crippen LogP contribution < -0.4 is 9.47 Å². The maximum absolute atomic E-state index is 11.2. The van der Waals surface area contributed by atoms with Crippen LogP contribution in [0.5, 0.6) is 11.5 Å². The molecule has 0 amide bonds. The number of benzene rings is 1. The Morgan fingerprint density at radius 1 is 1.35 bits per heavy atom. The maximum atomic E-state index is 11.2. The van der Waals surface area contributed by atoms with E-state index in [0.717, 1.165) is 13.0 Å². The third-order valence-corrected chi connectivity index (χ3v) is 3.32. The van der Waals surface area contributed by atoms with E-state index >= 15 is 0 Å². The molecule has 0 atom stereocenters. The summed E-state index contributed by atoms with van der Waals surface area (Å²) in [5.41, 5.74) is 0.447. The van der Waals surface area contributed by atoms with E-state index in [1.165, 1.54) is 20.3 Å². The lowest BCUT2D eigenvalue weighted by atomic mass is 10.1. The normalized spacial score (nSPS) is 10.7. The molecular formula is C13H19ClN2O4. The number of nitro benzene ring substituents is 1. The van der Waals surface area contributed by atoms with Gasteiger partial charge in [-0.1, -0.05) is 11.6 Å². The molecule has 0 saturated carbocycles. The molecule has 0 aliphatic heterocycles. The Hall–Kier alpha value is -1.53. The van der Waals surface area contributed by atoms with E-state index in [-0.39, 0.29) is 16.5 Å². The molecule has 0 saturated heterocycles. The second-order valence-corrected chi connectivity index (χ2v) is 4.97. The second-order valence-electron chi connectivity index (χ2n) is 4.59. The van der Waals surface area contributed by atoms with Gasteiger partial charge in [-0.2, -0.15) is 0 Å². The standard InChI is InChI=1S/C13H19ClN2O4/c1-15(2)7-5-6-9-10(16(17)18)8-11(19-3)13(20-4)12(9)14/h8H,5-7H2,1-4H3. The summed E-state index contributed by atoms with van der Waals surface area (Å²) in [5.74, 6) is 0.597. The zero-order chi connectivity index (χ0) is 15.3. The second kappa shape index (κ2) is 7.31. The summed E-state index contributed by atoms with van der Waals surface area (Å²) in [6.45, 7) is 0.821. The van der Waals surface area contributed by atoms with E-state index in [1.807, 2.05) is 19.0 Å². The zero-order valence-electron chi connectivity index (χ0n) is 12.1. The van der Waals surface area contributed by atoms with Crippen molar-refractivity contribution in [2.75, 3.05) is 34.9 Å². The van der Waals surface area contributed by atoms with Gasteiger partial charge in [-0.25, -0.2) is 0 Å². The lowest BCUT2D eigenvalue weighted by Crippen LogP contribution is -2.14. The van der Waals surface area contributed by atoms with Gasteiger partial charge in [0.1, 0.15) is 0 Å². The van der Waals surface area contributed by atoms with E-state index in [1.54, 1.807) is 0 Å². The smallest absolute Gasteiger partial charge is 0.278 e. The van der Waals surface area contributed by atoms with Crippen molar-refractivity contribution >= 4 is 17.3 Å². The fraction of sp³-hybridized carbons (Fsp3) is 0.538. The number of halogens is 1. The fourth-order valence-corrected chi connectivity index (χ4v) is 2.31.